The third-order valence-electron chi connectivity index (χ3n) is 6.92. The minimum atomic E-state index is -3.75. The van der Waals surface area contributed by atoms with Crippen LogP contribution in [0.15, 0.2) is 30.7 Å². The molecule has 1 aromatic carbocycles. The second kappa shape index (κ2) is 11.8. The van der Waals surface area contributed by atoms with E-state index in [1.54, 1.807) is 46.0 Å². The van der Waals surface area contributed by atoms with Crippen LogP contribution in [-0.4, -0.2) is 62.4 Å². The molecule has 0 saturated carbocycles. The van der Waals surface area contributed by atoms with Gasteiger partial charge in [0.25, 0.3) is 7.52 Å². The van der Waals surface area contributed by atoms with E-state index < -0.39 is 36.9 Å². The first kappa shape index (κ1) is 30.4. The molecule has 41 heavy (non-hydrogen) atoms. The molecule has 0 aliphatic heterocycles. The molecule has 2 unspecified atom stereocenters. The largest absolute Gasteiger partial charge is 0.489 e. The van der Waals surface area contributed by atoms with E-state index in [9.17, 15) is 14.5 Å². The van der Waals surface area contributed by atoms with Crippen molar-refractivity contribution in [1.82, 2.24) is 24.7 Å². The van der Waals surface area contributed by atoms with Gasteiger partial charge in [0.2, 0.25) is 5.88 Å². The van der Waals surface area contributed by atoms with Gasteiger partial charge in [-0.25, -0.2) is 14.0 Å². The summed E-state index contributed by atoms with van der Waals surface area (Å²) in [6.07, 6.45) is 1.86. The normalized spacial score (nSPS) is 15.6. The number of aliphatic carboxylic acids is 1. The van der Waals surface area contributed by atoms with Gasteiger partial charge in [-0.3, -0.25) is 9.36 Å². The fourth-order valence-electron chi connectivity index (χ4n) is 4.36. The fourth-order valence-corrected chi connectivity index (χ4v) is 6.58. The lowest BCUT2D eigenvalue weighted by Gasteiger charge is -2.35. The molecule has 0 spiro atoms. The second-order valence-corrected chi connectivity index (χ2v) is 12.5. The Bertz CT molecular complexity index is 1620. The molecule has 0 amide bonds. The van der Waals surface area contributed by atoms with E-state index in [1.807, 2.05) is 6.92 Å². The standard InChI is InChI=1S/C27H35FN5O7P/c1-15(2)27(6,26(34)35)32-41(36,14-37-7)40-17(4)12-38-22-11-33-24(18(22)5)25(29-13-30-33)39-21-9-8-20-19(23(21)28)10-16(3)31-20/h8-11,13,15,17,31H,12,14H2,1-7H3,(H,32,36)(H,34,35)/t17-,27?,41?/m0/s1. The predicted molar refractivity (Wildman–Crippen MR) is 150 cm³/mol. The van der Waals surface area contributed by atoms with Crippen LogP contribution in [0.5, 0.6) is 17.4 Å². The third kappa shape index (κ3) is 6.23. The summed E-state index contributed by atoms with van der Waals surface area (Å²) in [5, 5.41) is 17.1. The van der Waals surface area contributed by atoms with Gasteiger partial charge in [-0.05, 0) is 51.8 Å². The van der Waals surface area contributed by atoms with E-state index >= 15 is 4.39 Å². The number of carbonyl (C=O) groups is 1. The fraction of sp³-hybridized carbons (Fsp3) is 0.444. The molecule has 0 aliphatic carbocycles. The molecule has 0 fully saturated rings. The molecular formula is C27H35FN5O7P. The number of benzene rings is 1. The van der Waals surface area contributed by atoms with Crippen LogP contribution < -0.4 is 14.6 Å². The van der Waals surface area contributed by atoms with E-state index in [-0.39, 0.29) is 24.6 Å². The molecule has 4 aromatic rings. The smallest absolute Gasteiger partial charge is 0.324 e. The summed E-state index contributed by atoms with van der Waals surface area (Å²) < 4.78 is 52.9. The van der Waals surface area contributed by atoms with Crippen molar-refractivity contribution in [2.24, 2.45) is 5.92 Å². The van der Waals surface area contributed by atoms with Crippen molar-refractivity contribution in [3.8, 4) is 17.4 Å². The average Bonchev–Trinajstić information content (AvgIpc) is 3.44. The SMILES string of the molecule is COCP(=O)(NC(C)(C(=O)O)C(C)C)O[C@@H](C)COc1cn2ncnc(Oc3ccc4[nH]c(C)cc4c3F)c2c1C. The van der Waals surface area contributed by atoms with Gasteiger partial charge in [0.1, 0.15) is 36.1 Å². The van der Waals surface area contributed by atoms with Crippen molar-refractivity contribution in [3.05, 3.63) is 47.8 Å². The van der Waals surface area contributed by atoms with Crippen LogP contribution in [0.3, 0.4) is 0 Å². The van der Waals surface area contributed by atoms with Gasteiger partial charge in [-0.2, -0.15) is 10.1 Å². The third-order valence-corrected chi connectivity index (χ3v) is 9.02. The number of halogens is 1. The number of fused-ring (bicyclic) bond motifs is 2. The number of hydrogen-bond acceptors (Lipinski definition) is 8. The Morgan fingerprint density at radius 3 is 2.66 bits per heavy atom. The zero-order valence-corrected chi connectivity index (χ0v) is 24.9. The Hall–Kier alpha value is -3.51. The summed E-state index contributed by atoms with van der Waals surface area (Å²) in [5.74, 6) is -1.49. The predicted octanol–water partition coefficient (Wildman–Crippen LogP) is 5.43. The van der Waals surface area contributed by atoms with Crippen molar-refractivity contribution >= 4 is 29.9 Å². The lowest BCUT2D eigenvalue weighted by molar-refractivity contribution is -0.145. The minimum absolute atomic E-state index is 0.0124. The first-order valence-corrected chi connectivity index (χ1v) is 14.8. The van der Waals surface area contributed by atoms with E-state index in [1.165, 1.54) is 30.9 Å². The maximum atomic E-state index is 15.2. The minimum Gasteiger partial charge on any atom is -0.489 e. The Balaban J connectivity index is 1.52. The van der Waals surface area contributed by atoms with Crippen molar-refractivity contribution in [2.75, 3.05) is 20.1 Å². The van der Waals surface area contributed by atoms with E-state index in [4.69, 9.17) is 18.7 Å². The summed E-state index contributed by atoms with van der Waals surface area (Å²) >= 11 is 0. The molecule has 0 saturated heterocycles. The Kier molecular flexibility index (Phi) is 8.74. The lowest BCUT2D eigenvalue weighted by atomic mass is 9.90. The van der Waals surface area contributed by atoms with Crippen LogP contribution >= 0.6 is 7.52 Å². The number of carboxylic acid groups (broad SMARTS) is 1. The first-order chi connectivity index (χ1) is 19.3. The van der Waals surface area contributed by atoms with Crippen molar-refractivity contribution in [3.63, 3.8) is 0 Å². The number of nitrogens with one attached hydrogen (secondary N) is 2. The number of rotatable bonds is 13. The van der Waals surface area contributed by atoms with Crippen LogP contribution in [0.25, 0.3) is 16.4 Å². The van der Waals surface area contributed by atoms with E-state index in [0.717, 1.165) is 5.69 Å². The molecule has 0 aliphatic rings. The first-order valence-electron chi connectivity index (χ1n) is 13.0. The van der Waals surface area contributed by atoms with Gasteiger partial charge >= 0.3 is 5.97 Å². The zero-order valence-electron chi connectivity index (χ0n) is 24.0. The molecule has 3 heterocycles. The highest BCUT2D eigenvalue weighted by atomic mass is 31.2. The average molecular weight is 592 g/mol. The van der Waals surface area contributed by atoms with Gasteiger partial charge in [-0.15, -0.1) is 0 Å². The number of aryl methyl sites for hydroxylation is 2. The molecule has 4 rings (SSSR count). The number of aromatic nitrogens is 4. The van der Waals surface area contributed by atoms with E-state index in [0.29, 0.717) is 27.7 Å². The Morgan fingerprint density at radius 2 is 2.00 bits per heavy atom. The molecule has 3 N–H and O–H groups in total. The maximum absolute atomic E-state index is 15.2. The number of ether oxygens (including phenoxy) is 3. The number of aromatic amines is 1. The summed E-state index contributed by atoms with van der Waals surface area (Å²) in [7, 11) is -2.40. The summed E-state index contributed by atoms with van der Waals surface area (Å²) in [6.45, 7) is 10.1. The molecule has 12 nitrogen and oxygen atoms in total. The van der Waals surface area contributed by atoms with Gasteiger partial charge in [0.15, 0.2) is 11.6 Å². The molecule has 0 radical (unpaired) electrons. The molecule has 14 heteroatoms. The number of H-pyrrole nitrogens is 1. The molecule has 3 aromatic heterocycles. The van der Waals surface area contributed by atoms with Crippen LogP contribution in [0.1, 0.15) is 39.0 Å². The zero-order chi connectivity index (χ0) is 30.1. The van der Waals surface area contributed by atoms with Crippen molar-refractivity contribution in [2.45, 2.75) is 53.2 Å². The van der Waals surface area contributed by atoms with Crippen LogP contribution in [0.2, 0.25) is 0 Å². The highest BCUT2D eigenvalue weighted by Crippen LogP contribution is 2.47. The van der Waals surface area contributed by atoms with Crippen molar-refractivity contribution in [1.29, 1.82) is 0 Å². The summed E-state index contributed by atoms with van der Waals surface area (Å²) in [6, 6.07) is 4.97. The number of methoxy groups -OCH3 is 1. The maximum Gasteiger partial charge on any atom is 0.324 e. The second-order valence-electron chi connectivity index (χ2n) is 10.5. The Morgan fingerprint density at radius 1 is 1.27 bits per heavy atom. The monoisotopic (exact) mass is 591 g/mol. The highest BCUT2D eigenvalue weighted by molar-refractivity contribution is 7.56. The number of nitrogens with zero attached hydrogens (tertiary/aromatic N) is 3. The van der Waals surface area contributed by atoms with Gasteiger partial charge in [0, 0.05) is 29.3 Å². The number of carboxylic acids is 1. The molecule has 222 valence electrons. The Labute approximate surface area is 236 Å². The quantitative estimate of drug-likeness (QED) is 0.172. The summed E-state index contributed by atoms with van der Waals surface area (Å²) in [5.41, 5.74) is 1.08. The number of hydrogen-bond donors (Lipinski definition) is 3. The molecular weight excluding hydrogens is 556 g/mol. The van der Waals surface area contributed by atoms with Gasteiger partial charge in [0.05, 0.1) is 12.3 Å². The van der Waals surface area contributed by atoms with Gasteiger partial charge in [-0.1, -0.05) is 13.8 Å². The lowest BCUT2D eigenvalue weighted by Crippen LogP contribution is -2.52. The molecule has 0 bridgehead atoms. The van der Waals surface area contributed by atoms with E-state index in [2.05, 4.69) is 20.2 Å². The molecule has 3 atom stereocenters. The topological polar surface area (TPSA) is 149 Å². The summed E-state index contributed by atoms with van der Waals surface area (Å²) in [4.78, 5) is 19.2. The van der Waals surface area contributed by atoms with Gasteiger partial charge < -0.3 is 28.8 Å². The van der Waals surface area contributed by atoms with Crippen LogP contribution in [-0.2, 0) is 18.6 Å². The van der Waals surface area contributed by atoms with Crippen molar-refractivity contribution < 1.29 is 37.6 Å². The van der Waals surface area contributed by atoms with Crippen LogP contribution in [0.4, 0.5) is 4.39 Å². The van der Waals surface area contributed by atoms with Crippen LogP contribution in [0, 0.1) is 25.6 Å². The highest BCUT2D eigenvalue weighted by Gasteiger charge is 2.43.